The Bertz CT molecular complexity index is 641. The molecule has 0 unspecified atom stereocenters. The SMILES string of the molecule is CCc1ccccc1NC(=O)N(C)Cc1nncn1CCOC. The maximum absolute atomic E-state index is 12.4. The number of ether oxygens (including phenoxy) is 1. The first-order valence-corrected chi connectivity index (χ1v) is 7.61. The van der Waals surface area contributed by atoms with E-state index in [1.165, 1.54) is 0 Å². The zero-order valence-electron chi connectivity index (χ0n) is 13.8. The zero-order chi connectivity index (χ0) is 16.7. The number of benzene rings is 1. The van der Waals surface area contributed by atoms with Crippen LogP contribution in [-0.2, 0) is 24.2 Å². The summed E-state index contributed by atoms with van der Waals surface area (Å²) in [6, 6.07) is 7.63. The van der Waals surface area contributed by atoms with Crippen molar-refractivity contribution in [2.45, 2.75) is 26.4 Å². The first-order chi connectivity index (χ1) is 11.2. The van der Waals surface area contributed by atoms with Crippen LogP contribution >= 0.6 is 0 Å². The maximum Gasteiger partial charge on any atom is 0.322 e. The van der Waals surface area contributed by atoms with E-state index in [1.54, 1.807) is 25.4 Å². The summed E-state index contributed by atoms with van der Waals surface area (Å²) >= 11 is 0. The van der Waals surface area contributed by atoms with Crippen LogP contribution in [0.1, 0.15) is 18.3 Å². The maximum atomic E-state index is 12.4. The molecular weight excluding hydrogens is 294 g/mol. The lowest BCUT2D eigenvalue weighted by Gasteiger charge is -2.19. The molecule has 0 radical (unpaired) electrons. The van der Waals surface area contributed by atoms with Crippen molar-refractivity contribution < 1.29 is 9.53 Å². The lowest BCUT2D eigenvalue weighted by atomic mass is 10.1. The smallest absolute Gasteiger partial charge is 0.322 e. The summed E-state index contributed by atoms with van der Waals surface area (Å²) in [7, 11) is 3.38. The number of aromatic nitrogens is 3. The predicted octanol–water partition coefficient (Wildman–Crippen LogP) is 2.15. The van der Waals surface area contributed by atoms with E-state index in [1.807, 2.05) is 28.8 Å². The molecule has 1 heterocycles. The van der Waals surface area contributed by atoms with Gasteiger partial charge in [-0.05, 0) is 18.1 Å². The number of amides is 2. The third kappa shape index (κ3) is 4.53. The van der Waals surface area contributed by atoms with E-state index in [9.17, 15) is 4.79 Å². The minimum atomic E-state index is -0.174. The summed E-state index contributed by atoms with van der Waals surface area (Å²) in [5, 5.41) is 10.9. The number of nitrogens with one attached hydrogen (secondary N) is 1. The second-order valence-corrected chi connectivity index (χ2v) is 5.23. The van der Waals surface area contributed by atoms with Crippen LogP contribution in [0.4, 0.5) is 10.5 Å². The van der Waals surface area contributed by atoms with E-state index in [0.29, 0.717) is 19.7 Å². The van der Waals surface area contributed by atoms with Crippen LogP contribution < -0.4 is 5.32 Å². The van der Waals surface area contributed by atoms with Gasteiger partial charge in [-0.15, -0.1) is 10.2 Å². The van der Waals surface area contributed by atoms with Gasteiger partial charge >= 0.3 is 6.03 Å². The third-order valence-corrected chi connectivity index (χ3v) is 3.60. The first-order valence-electron chi connectivity index (χ1n) is 7.61. The van der Waals surface area contributed by atoms with Crippen LogP contribution in [0.15, 0.2) is 30.6 Å². The van der Waals surface area contributed by atoms with Crippen LogP contribution in [-0.4, -0.2) is 46.5 Å². The Morgan fingerprint density at radius 1 is 1.39 bits per heavy atom. The van der Waals surface area contributed by atoms with Crippen molar-refractivity contribution >= 4 is 11.7 Å². The number of urea groups is 1. The number of aryl methyl sites for hydroxylation is 1. The minimum Gasteiger partial charge on any atom is -0.383 e. The molecular formula is C16H23N5O2. The molecule has 0 atom stereocenters. The van der Waals surface area contributed by atoms with Crippen molar-refractivity contribution in [3.05, 3.63) is 42.0 Å². The summed E-state index contributed by atoms with van der Waals surface area (Å²) in [5.41, 5.74) is 1.95. The molecule has 0 fully saturated rings. The van der Waals surface area contributed by atoms with Crippen molar-refractivity contribution in [1.82, 2.24) is 19.7 Å². The molecule has 7 heteroatoms. The van der Waals surface area contributed by atoms with Crippen LogP contribution in [0, 0.1) is 0 Å². The molecule has 124 valence electrons. The van der Waals surface area contributed by atoms with Gasteiger partial charge in [0.15, 0.2) is 5.82 Å². The quantitative estimate of drug-likeness (QED) is 0.849. The fourth-order valence-corrected chi connectivity index (χ4v) is 2.22. The number of methoxy groups -OCH3 is 1. The Hall–Kier alpha value is -2.41. The number of hydrogen-bond acceptors (Lipinski definition) is 4. The van der Waals surface area contributed by atoms with Crippen LogP contribution in [0.25, 0.3) is 0 Å². The highest BCUT2D eigenvalue weighted by Crippen LogP contribution is 2.16. The van der Waals surface area contributed by atoms with Gasteiger partial charge < -0.3 is 19.5 Å². The molecule has 0 saturated carbocycles. The Morgan fingerprint density at radius 2 is 2.17 bits per heavy atom. The van der Waals surface area contributed by atoms with E-state index in [-0.39, 0.29) is 6.03 Å². The molecule has 2 amide bonds. The van der Waals surface area contributed by atoms with Gasteiger partial charge in [0.05, 0.1) is 13.2 Å². The minimum absolute atomic E-state index is 0.174. The van der Waals surface area contributed by atoms with Gasteiger partial charge in [-0.3, -0.25) is 0 Å². The van der Waals surface area contributed by atoms with Crippen molar-refractivity contribution in [3.63, 3.8) is 0 Å². The highest BCUT2D eigenvalue weighted by Gasteiger charge is 2.14. The number of anilines is 1. The summed E-state index contributed by atoms with van der Waals surface area (Å²) in [4.78, 5) is 13.9. The van der Waals surface area contributed by atoms with E-state index in [2.05, 4.69) is 22.4 Å². The average Bonchev–Trinajstić information content (AvgIpc) is 3.00. The molecule has 1 aromatic carbocycles. The molecule has 0 aliphatic rings. The number of hydrogen-bond donors (Lipinski definition) is 1. The highest BCUT2D eigenvalue weighted by atomic mass is 16.5. The van der Waals surface area contributed by atoms with E-state index < -0.39 is 0 Å². The number of nitrogens with zero attached hydrogens (tertiary/aromatic N) is 4. The fourth-order valence-electron chi connectivity index (χ4n) is 2.22. The monoisotopic (exact) mass is 317 g/mol. The Labute approximate surface area is 136 Å². The number of rotatable bonds is 7. The van der Waals surface area contributed by atoms with Gasteiger partial charge in [0.25, 0.3) is 0 Å². The molecule has 0 spiro atoms. The second-order valence-electron chi connectivity index (χ2n) is 5.23. The van der Waals surface area contributed by atoms with E-state index >= 15 is 0 Å². The van der Waals surface area contributed by atoms with Gasteiger partial charge in [-0.2, -0.15) is 0 Å². The van der Waals surface area contributed by atoms with Crippen molar-refractivity contribution in [2.75, 3.05) is 26.1 Å². The Morgan fingerprint density at radius 3 is 2.91 bits per heavy atom. The van der Waals surface area contributed by atoms with Gasteiger partial charge in [-0.25, -0.2) is 4.79 Å². The van der Waals surface area contributed by atoms with Gasteiger partial charge in [0, 0.05) is 26.4 Å². The number of carbonyl (C=O) groups is 1. The summed E-state index contributed by atoms with van der Waals surface area (Å²) in [5.74, 6) is 0.725. The zero-order valence-corrected chi connectivity index (χ0v) is 13.8. The van der Waals surface area contributed by atoms with Crippen molar-refractivity contribution in [1.29, 1.82) is 0 Å². The average molecular weight is 317 g/mol. The summed E-state index contributed by atoms with van der Waals surface area (Å²) in [6.45, 7) is 3.68. The predicted molar refractivity (Wildman–Crippen MR) is 88.2 cm³/mol. The molecule has 2 aromatic rings. The second kappa shape index (κ2) is 8.28. The Kier molecular flexibility index (Phi) is 6.10. The van der Waals surface area contributed by atoms with E-state index in [0.717, 1.165) is 23.5 Å². The lowest BCUT2D eigenvalue weighted by molar-refractivity contribution is 0.184. The molecule has 7 nitrogen and oxygen atoms in total. The molecule has 0 bridgehead atoms. The van der Waals surface area contributed by atoms with E-state index in [4.69, 9.17) is 4.74 Å². The lowest BCUT2D eigenvalue weighted by Crippen LogP contribution is -2.32. The van der Waals surface area contributed by atoms with Crippen LogP contribution in [0.3, 0.4) is 0 Å². The van der Waals surface area contributed by atoms with Gasteiger partial charge in [0.1, 0.15) is 6.33 Å². The Balaban J connectivity index is 1.99. The molecule has 0 aliphatic heterocycles. The van der Waals surface area contributed by atoms with Gasteiger partial charge in [-0.1, -0.05) is 25.1 Å². The largest absolute Gasteiger partial charge is 0.383 e. The molecule has 1 aromatic heterocycles. The third-order valence-electron chi connectivity index (χ3n) is 3.60. The number of para-hydroxylation sites is 1. The molecule has 0 saturated heterocycles. The van der Waals surface area contributed by atoms with Crippen molar-refractivity contribution in [2.24, 2.45) is 0 Å². The number of carbonyl (C=O) groups excluding carboxylic acids is 1. The normalized spacial score (nSPS) is 10.6. The molecule has 23 heavy (non-hydrogen) atoms. The molecule has 0 aliphatic carbocycles. The topological polar surface area (TPSA) is 72.3 Å². The molecule has 1 N–H and O–H groups in total. The standard InChI is InChI=1S/C16H23N5O2/c1-4-13-7-5-6-8-14(13)18-16(22)20(2)11-15-19-17-12-21(15)9-10-23-3/h5-8,12H,4,9-11H2,1-3H3,(H,18,22). The highest BCUT2D eigenvalue weighted by molar-refractivity contribution is 5.89. The van der Waals surface area contributed by atoms with Gasteiger partial charge in [0.2, 0.25) is 0 Å². The van der Waals surface area contributed by atoms with Crippen molar-refractivity contribution in [3.8, 4) is 0 Å². The van der Waals surface area contributed by atoms with Crippen LogP contribution in [0.5, 0.6) is 0 Å². The molecule has 2 rings (SSSR count). The summed E-state index contributed by atoms with van der Waals surface area (Å²) < 4.78 is 6.94. The first kappa shape index (κ1) is 17.0. The summed E-state index contributed by atoms with van der Waals surface area (Å²) in [6.07, 6.45) is 2.51. The van der Waals surface area contributed by atoms with Crippen LogP contribution in [0.2, 0.25) is 0 Å². The fraction of sp³-hybridized carbons (Fsp3) is 0.438.